The first kappa shape index (κ1) is 15.1. The molecular formula is C16H11F2N3OS. The van der Waals surface area contributed by atoms with E-state index in [9.17, 15) is 13.6 Å². The number of hydrogen-bond acceptors (Lipinski definition) is 5. The van der Waals surface area contributed by atoms with E-state index in [-0.39, 0.29) is 22.3 Å². The SMILES string of the molecule is Nc1nc(Nc2ccc(F)cc2)sc1C(=O)c1ccc(F)cc1. The van der Waals surface area contributed by atoms with Crippen LogP contribution in [-0.4, -0.2) is 10.8 Å². The molecule has 0 unspecified atom stereocenters. The fraction of sp³-hybridized carbons (Fsp3) is 0. The summed E-state index contributed by atoms with van der Waals surface area (Å²) in [7, 11) is 0. The molecule has 4 nitrogen and oxygen atoms in total. The Morgan fingerprint density at radius 1 is 1.00 bits per heavy atom. The highest BCUT2D eigenvalue weighted by molar-refractivity contribution is 7.18. The van der Waals surface area contributed by atoms with Gasteiger partial charge in [-0.3, -0.25) is 4.79 Å². The number of carbonyl (C=O) groups is 1. The van der Waals surface area contributed by atoms with Crippen LogP contribution in [0.5, 0.6) is 0 Å². The lowest BCUT2D eigenvalue weighted by Crippen LogP contribution is -2.02. The quantitative estimate of drug-likeness (QED) is 0.710. The second-order valence-electron chi connectivity index (χ2n) is 4.70. The summed E-state index contributed by atoms with van der Waals surface area (Å²) in [5.41, 5.74) is 6.75. The average molecular weight is 331 g/mol. The normalized spacial score (nSPS) is 10.5. The molecule has 0 fully saturated rings. The number of rotatable bonds is 4. The number of aromatic nitrogens is 1. The van der Waals surface area contributed by atoms with Gasteiger partial charge < -0.3 is 11.1 Å². The van der Waals surface area contributed by atoms with Gasteiger partial charge in [0.25, 0.3) is 0 Å². The molecule has 2 aromatic carbocycles. The van der Waals surface area contributed by atoms with Crippen molar-refractivity contribution < 1.29 is 13.6 Å². The number of nitrogens with zero attached hydrogens (tertiary/aromatic N) is 1. The van der Waals surface area contributed by atoms with Gasteiger partial charge in [-0.25, -0.2) is 13.8 Å². The van der Waals surface area contributed by atoms with Crippen molar-refractivity contribution in [2.45, 2.75) is 0 Å². The zero-order valence-electron chi connectivity index (χ0n) is 11.7. The second kappa shape index (κ2) is 6.13. The molecule has 0 atom stereocenters. The van der Waals surface area contributed by atoms with E-state index in [1.807, 2.05) is 0 Å². The fourth-order valence-electron chi connectivity index (χ4n) is 1.94. The van der Waals surface area contributed by atoms with Crippen molar-refractivity contribution in [2.75, 3.05) is 11.1 Å². The Hall–Kier alpha value is -2.80. The number of benzene rings is 2. The highest BCUT2D eigenvalue weighted by atomic mass is 32.1. The second-order valence-corrected chi connectivity index (χ2v) is 5.70. The lowest BCUT2D eigenvalue weighted by Gasteiger charge is -2.01. The molecule has 1 aromatic heterocycles. The van der Waals surface area contributed by atoms with Crippen LogP contribution in [-0.2, 0) is 0 Å². The van der Waals surface area contributed by atoms with Crippen LogP contribution in [0.4, 0.5) is 25.4 Å². The minimum atomic E-state index is -0.419. The van der Waals surface area contributed by atoms with E-state index in [2.05, 4.69) is 10.3 Å². The predicted octanol–water partition coefficient (Wildman–Crippen LogP) is 3.98. The van der Waals surface area contributed by atoms with Gasteiger partial charge in [-0.15, -0.1) is 0 Å². The number of nitrogen functional groups attached to an aromatic ring is 1. The highest BCUT2D eigenvalue weighted by Crippen LogP contribution is 2.29. The van der Waals surface area contributed by atoms with E-state index in [0.717, 1.165) is 11.3 Å². The lowest BCUT2D eigenvalue weighted by molar-refractivity contribution is 0.104. The molecule has 0 aliphatic carbocycles. The van der Waals surface area contributed by atoms with E-state index < -0.39 is 5.82 Å². The minimum Gasteiger partial charge on any atom is -0.382 e. The Kier molecular flexibility index (Phi) is 4.03. The molecule has 0 aliphatic rings. The van der Waals surface area contributed by atoms with Gasteiger partial charge in [-0.05, 0) is 48.5 Å². The molecule has 1 heterocycles. The van der Waals surface area contributed by atoms with E-state index in [4.69, 9.17) is 5.73 Å². The third kappa shape index (κ3) is 3.35. The fourth-order valence-corrected chi connectivity index (χ4v) is 2.80. The average Bonchev–Trinajstić information content (AvgIpc) is 2.90. The maximum absolute atomic E-state index is 12.9. The van der Waals surface area contributed by atoms with Crippen LogP contribution in [0, 0.1) is 11.6 Å². The summed E-state index contributed by atoms with van der Waals surface area (Å²) in [6, 6.07) is 10.9. The van der Waals surface area contributed by atoms with Gasteiger partial charge in [-0.1, -0.05) is 11.3 Å². The number of thiazole rings is 1. The zero-order chi connectivity index (χ0) is 16.4. The number of hydrogen-bond donors (Lipinski definition) is 2. The number of halogens is 2. The first-order valence-electron chi connectivity index (χ1n) is 6.62. The third-order valence-electron chi connectivity index (χ3n) is 3.06. The Bertz CT molecular complexity index is 845. The van der Waals surface area contributed by atoms with Gasteiger partial charge in [0.15, 0.2) is 5.13 Å². The predicted molar refractivity (Wildman–Crippen MR) is 86.0 cm³/mol. The Morgan fingerprint density at radius 2 is 1.57 bits per heavy atom. The summed E-state index contributed by atoms with van der Waals surface area (Å²) in [6.45, 7) is 0. The van der Waals surface area contributed by atoms with Crippen molar-refractivity contribution in [2.24, 2.45) is 0 Å². The maximum atomic E-state index is 12.9. The van der Waals surface area contributed by atoms with Crippen molar-refractivity contribution in [3.05, 3.63) is 70.6 Å². The molecule has 3 aromatic rings. The van der Waals surface area contributed by atoms with E-state index in [1.54, 1.807) is 12.1 Å². The molecule has 116 valence electrons. The minimum absolute atomic E-state index is 0.0916. The molecule has 0 radical (unpaired) electrons. The highest BCUT2D eigenvalue weighted by Gasteiger charge is 2.18. The van der Waals surface area contributed by atoms with Crippen LogP contribution < -0.4 is 11.1 Å². The number of nitrogens with one attached hydrogen (secondary N) is 1. The van der Waals surface area contributed by atoms with Gasteiger partial charge in [-0.2, -0.15) is 0 Å². The summed E-state index contributed by atoms with van der Waals surface area (Å²) in [6.07, 6.45) is 0. The summed E-state index contributed by atoms with van der Waals surface area (Å²) in [5, 5.41) is 3.37. The number of nitrogens with two attached hydrogens (primary N) is 1. The Morgan fingerprint density at radius 3 is 2.17 bits per heavy atom. The van der Waals surface area contributed by atoms with Crippen LogP contribution in [0.3, 0.4) is 0 Å². The summed E-state index contributed by atoms with van der Waals surface area (Å²) >= 11 is 1.08. The van der Waals surface area contributed by atoms with E-state index in [0.29, 0.717) is 16.4 Å². The molecular weight excluding hydrogens is 320 g/mol. The molecule has 0 saturated heterocycles. The Labute approximate surface area is 134 Å². The van der Waals surface area contributed by atoms with Crippen LogP contribution >= 0.6 is 11.3 Å². The van der Waals surface area contributed by atoms with Crippen LogP contribution in [0.15, 0.2) is 48.5 Å². The lowest BCUT2D eigenvalue weighted by atomic mass is 10.1. The molecule has 3 rings (SSSR count). The topological polar surface area (TPSA) is 68.0 Å². The van der Waals surface area contributed by atoms with Crippen molar-refractivity contribution >= 4 is 33.8 Å². The summed E-state index contributed by atoms with van der Waals surface area (Å²) in [4.78, 5) is 16.7. The maximum Gasteiger partial charge on any atom is 0.206 e. The molecule has 7 heteroatoms. The molecule has 23 heavy (non-hydrogen) atoms. The zero-order valence-corrected chi connectivity index (χ0v) is 12.5. The van der Waals surface area contributed by atoms with Crippen LogP contribution in [0.25, 0.3) is 0 Å². The largest absolute Gasteiger partial charge is 0.382 e. The van der Waals surface area contributed by atoms with Crippen molar-refractivity contribution in [1.29, 1.82) is 0 Å². The first-order valence-corrected chi connectivity index (χ1v) is 7.44. The summed E-state index contributed by atoms with van der Waals surface area (Å²) < 4.78 is 25.8. The van der Waals surface area contributed by atoms with E-state index >= 15 is 0 Å². The first-order chi connectivity index (χ1) is 11.0. The molecule has 3 N–H and O–H groups in total. The number of anilines is 3. The van der Waals surface area contributed by atoms with Gasteiger partial charge in [0.1, 0.15) is 22.3 Å². The molecule has 0 spiro atoms. The van der Waals surface area contributed by atoms with Crippen LogP contribution in [0.2, 0.25) is 0 Å². The van der Waals surface area contributed by atoms with Gasteiger partial charge in [0.2, 0.25) is 5.78 Å². The van der Waals surface area contributed by atoms with Crippen molar-refractivity contribution in [3.8, 4) is 0 Å². The van der Waals surface area contributed by atoms with Gasteiger partial charge in [0.05, 0.1) is 0 Å². The van der Waals surface area contributed by atoms with Crippen LogP contribution in [0.1, 0.15) is 15.2 Å². The van der Waals surface area contributed by atoms with Crippen molar-refractivity contribution in [1.82, 2.24) is 4.98 Å². The number of carbonyl (C=O) groups excluding carboxylic acids is 1. The molecule has 0 amide bonds. The number of ketones is 1. The molecule has 0 saturated carbocycles. The monoisotopic (exact) mass is 331 g/mol. The van der Waals surface area contributed by atoms with E-state index in [1.165, 1.54) is 36.4 Å². The standard InChI is InChI=1S/C16H11F2N3OS/c17-10-3-1-9(2-4-10)13(22)14-15(19)21-16(23-14)20-12-7-5-11(18)6-8-12/h1-8H,19H2,(H,20,21). The summed E-state index contributed by atoms with van der Waals surface area (Å²) in [5.74, 6) is -1.00. The third-order valence-corrected chi connectivity index (χ3v) is 4.05. The Balaban J connectivity index is 1.84. The van der Waals surface area contributed by atoms with Gasteiger partial charge in [0, 0.05) is 11.3 Å². The molecule has 0 aliphatic heterocycles. The molecule has 0 bridgehead atoms. The van der Waals surface area contributed by atoms with Crippen molar-refractivity contribution in [3.63, 3.8) is 0 Å². The van der Waals surface area contributed by atoms with Gasteiger partial charge >= 0.3 is 0 Å². The smallest absolute Gasteiger partial charge is 0.206 e.